The van der Waals surface area contributed by atoms with E-state index in [2.05, 4.69) is 15.9 Å². The molecule has 2 aromatic carbocycles. The highest BCUT2D eigenvalue weighted by Gasteiger charge is 2.27. The smallest absolute Gasteiger partial charge is 0.351 e. The first-order valence-electron chi connectivity index (χ1n) is 7.56. The van der Waals surface area contributed by atoms with E-state index in [0.717, 1.165) is 0 Å². The van der Waals surface area contributed by atoms with E-state index in [1.807, 2.05) is 0 Å². The number of hydrogen-bond acceptors (Lipinski definition) is 5. The lowest BCUT2D eigenvalue weighted by Crippen LogP contribution is -2.22. The van der Waals surface area contributed by atoms with E-state index in [9.17, 15) is 14.4 Å². The standard InChI is InChI=1S/C19H13BrO5/c1-2-24-18(22)16-15(17(21)11-6-4-3-5-7-11)13-10-12(20)8-9-14(13)25-19(16)23/h3-10H,2H2,1H3. The molecule has 3 aromatic rings. The number of hydrogen-bond donors (Lipinski definition) is 0. The van der Waals surface area contributed by atoms with Gasteiger partial charge in [-0.05, 0) is 25.1 Å². The van der Waals surface area contributed by atoms with Gasteiger partial charge in [0.2, 0.25) is 0 Å². The molecule has 0 saturated carbocycles. The van der Waals surface area contributed by atoms with Gasteiger partial charge in [-0.2, -0.15) is 0 Å². The molecule has 5 nitrogen and oxygen atoms in total. The Balaban J connectivity index is 2.37. The van der Waals surface area contributed by atoms with Gasteiger partial charge >= 0.3 is 11.6 Å². The first kappa shape index (κ1) is 17.1. The van der Waals surface area contributed by atoms with E-state index >= 15 is 0 Å². The second-order valence-electron chi connectivity index (χ2n) is 5.20. The van der Waals surface area contributed by atoms with Crippen molar-refractivity contribution >= 4 is 38.7 Å². The number of carbonyl (C=O) groups excluding carboxylic acids is 2. The summed E-state index contributed by atoms with van der Waals surface area (Å²) in [7, 11) is 0. The van der Waals surface area contributed by atoms with Crippen LogP contribution in [0.1, 0.15) is 33.2 Å². The molecule has 6 heteroatoms. The lowest BCUT2D eigenvalue weighted by Gasteiger charge is -2.10. The van der Waals surface area contributed by atoms with Crippen LogP contribution in [0.4, 0.5) is 0 Å². The zero-order valence-corrected chi connectivity index (χ0v) is 14.8. The minimum absolute atomic E-state index is 0.0165. The maximum absolute atomic E-state index is 13.0. The third-order valence-electron chi connectivity index (χ3n) is 3.61. The van der Waals surface area contributed by atoms with Crippen LogP contribution in [0.2, 0.25) is 0 Å². The van der Waals surface area contributed by atoms with Crippen LogP contribution in [-0.4, -0.2) is 18.4 Å². The molecule has 25 heavy (non-hydrogen) atoms. The molecular weight excluding hydrogens is 388 g/mol. The molecule has 0 radical (unpaired) electrons. The highest BCUT2D eigenvalue weighted by Crippen LogP contribution is 2.26. The molecule has 0 unspecified atom stereocenters. The molecule has 0 aliphatic heterocycles. The van der Waals surface area contributed by atoms with Crippen LogP contribution in [0, 0.1) is 0 Å². The van der Waals surface area contributed by atoms with Gasteiger partial charge in [0.25, 0.3) is 0 Å². The highest BCUT2D eigenvalue weighted by molar-refractivity contribution is 9.10. The van der Waals surface area contributed by atoms with Crippen molar-refractivity contribution in [3.63, 3.8) is 0 Å². The molecule has 126 valence electrons. The Morgan fingerprint density at radius 1 is 1.08 bits per heavy atom. The molecule has 1 aromatic heterocycles. The summed E-state index contributed by atoms with van der Waals surface area (Å²) in [4.78, 5) is 37.7. The van der Waals surface area contributed by atoms with Gasteiger partial charge in [-0.25, -0.2) is 9.59 Å². The minimum Gasteiger partial charge on any atom is -0.462 e. The van der Waals surface area contributed by atoms with Crippen molar-refractivity contribution in [3.8, 4) is 0 Å². The number of halogens is 1. The van der Waals surface area contributed by atoms with E-state index in [1.165, 1.54) is 0 Å². The molecule has 0 fully saturated rings. The maximum Gasteiger partial charge on any atom is 0.351 e. The van der Waals surface area contributed by atoms with Crippen LogP contribution >= 0.6 is 15.9 Å². The van der Waals surface area contributed by atoms with Crippen LogP contribution in [0.3, 0.4) is 0 Å². The van der Waals surface area contributed by atoms with Gasteiger partial charge < -0.3 is 9.15 Å². The summed E-state index contributed by atoms with van der Waals surface area (Å²) in [6.45, 7) is 1.70. The van der Waals surface area contributed by atoms with Crippen LogP contribution in [0.5, 0.6) is 0 Å². The van der Waals surface area contributed by atoms with Gasteiger partial charge in [-0.3, -0.25) is 4.79 Å². The Morgan fingerprint density at radius 3 is 2.48 bits per heavy atom. The molecule has 0 amide bonds. The Kier molecular flexibility index (Phi) is 4.81. The molecular formula is C19H13BrO5. The van der Waals surface area contributed by atoms with Gasteiger partial charge in [0, 0.05) is 15.4 Å². The van der Waals surface area contributed by atoms with E-state index in [4.69, 9.17) is 9.15 Å². The molecule has 0 spiro atoms. The predicted molar refractivity (Wildman–Crippen MR) is 96.0 cm³/mol. The van der Waals surface area contributed by atoms with E-state index in [-0.39, 0.29) is 23.3 Å². The number of rotatable bonds is 4. The Hall–Kier alpha value is -2.73. The Bertz CT molecular complexity index is 1020. The predicted octanol–water partition coefficient (Wildman–Crippen LogP) is 3.96. The summed E-state index contributed by atoms with van der Waals surface area (Å²) in [6, 6.07) is 13.3. The zero-order valence-electron chi connectivity index (χ0n) is 13.2. The van der Waals surface area contributed by atoms with E-state index in [1.54, 1.807) is 55.5 Å². The van der Waals surface area contributed by atoms with Crippen molar-refractivity contribution in [2.24, 2.45) is 0 Å². The summed E-state index contributed by atoms with van der Waals surface area (Å²) in [6.07, 6.45) is 0. The van der Waals surface area contributed by atoms with Crippen LogP contribution < -0.4 is 5.63 Å². The number of ether oxygens (including phenoxy) is 1. The average Bonchev–Trinajstić information content (AvgIpc) is 2.61. The molecule has 0 saturated heterocycles. The second kappa shape index (κ2) is 7.03. The largest absolute Gasteiger partial charge is 0.462 e. The van der Waals surface area contributed by atoms with Crippen LogP contribution in [0.25, 0.3) is 11.0 Å². The number of carbonyl (C=O) groups is 2. The van der Waals surface area contributed by atoms with Gasteiger partial charge in [0.1, 0.15) is 5.58 Å². The van der Waals surface area contributed by atoms with Crippen molar-refractivity contribution in [2.45, 2.75) is 6.92 Å². The maximum atomic E-state index is 13.0. The molecule has 0 atom stereocenters. The first-order valence-corrected chi connectivity index (χ1v) is 8.35. The number of esters is 1. The fourth-order valence-electron chi connectivity index (χ4n) is 2.53. The fraction of sp³-hybridized carbons (Fsp3) is 0.105. The van der Waals surface area contributed by atoms with E-state index in [0.29, 0.717) is 15.4 Å². The molecule has 0 N–H and O–H groups in total. The number of ketones is 1. The van der Waals surface area contributed by atoms with Gasteiger partial charge in [-0.1, -0.05) is 46.3 Å². The van der Waals surface area contributed by atoms with Gasteiger partial charge in [-0.15, -0.1) is 0 Å². The highest BCUT2D eigenvalue weighted by atomic mass is 79.9. The third-order valence-corrected chi connectivity index (χ3v) is 4.10. The summed E-state index contributed by atoms with van der Waals surface area (Å²) in [5, 5.41) is 0.367. The molecule has 0 bridgehead atoms. The monoisotopic (exact) mass is 400 g/mol. The average molecular weight is 401 g/mol. The summed E-state index contributed by atoms with van der Waals surface area (Å²) < 4.78 is 10.9. The van der Waals surface area contributed by atoms with E-state index < -0.39 is 17.4 Å². The summed E-state index contributed by atoms with van der Waals surface area (Å²) >= 11 is 3.34. The topological polar surface area (TPSA) is 73.6 Å². The number of benzene rings is 2. The van der Waals surface area contributed by atoms with Gasteiger partial charge in [0.15, 0.2) is 11.3 Å². The summed E-state index contributed by atoms with van der Waals surface area (Å²) in [5.74, 6) is -1.32. The van der Waals surface area contributed by atoms with Crippen LogP contribution in [-0.2, 0) is 4.74 Å². The van der Waals surface area contributed by atoms with Crippen molar-refractivity contribution < 1.29 is 18.7 Å². The Labute approximate surface area is 151 Å². The first-order chi connectivity index (χ1) is 12.0. The van der Waals surface area contributed by atoms with Crippen molar-refractivity contribution in [1.29, 1.82) is 0 Å². The zero-order chi connectivity index (χ0) is 18.0. The lowest BCUT2D eigenvalue weighted by molar-refractivity contribution is 0.0519. The fourth-order valence-corrected chi connectivity index (χ4v) is 2.89. The quantitative estimate of drug-likeness (QED) is 0.376. The number of fused-ring (bicyclic) bond motifs is 1. The molecule has 1 heterocycles. The molecule has 0 aliphatic carbocycles. The Morgan fingerprint density at radius 2 is 1.80 bits per heavy atom. The van der Waals surface area contributed by atoms with Crippen molar-refractivity contribution in [3.05, 3.63) is 80.1 Å². The third kappa shape index (κ3) is 3.25. The van der Waals surface area contributed by atoms with Crippen molar-refractivity contribution in [2.75, 3.05) is 6.61 Å². The second-order valence-corrected chi connectivity index (χ2v) is 6.11. The van der Waals surface area contributed by atoms with Crippen molar-refractivity contribution in [1.82, 2.24) is 0 Å². The lowest BCUT2D eigenvalue weighted by atomic mass is 9.96. The summed E-state index contributed by atoms with van der Waals surface area (Å²) in [5.41, 5.74) is -0.716. The SMILES string of the molecule is CCOC(=O)c1c(C(=O)c2ccccc2)c2cc(Br)ccc2oc1=O. The molecule has 3 rings (SSSR count). The normalized spacial score (nSPS) is 10.6. The van der Waals surface area contributed by atoms with Crippen LogP contribution in [0.15, 0.2) is 62.2 Å². The molecule has 0 aliphatic rings. The van der Waals surface area contributed by atoms with Gasteiger partial charge in [0.05, 0.1) is 12.2 Å². The minimum atomic E-state index is -0.896.